The van der Waals surface area contributed by atoms with E-state index in [4.69, 9.17) is 9.47 Å². The summed E-state index contributed by atoms with van der Waals surface area (Å²) < 4.78 is 10.5. The monoisotopic (exact) mass is 776 g/mol. The average molecular weight is 777 g/mol. The number of allylic oxidation sites excluding steroid dienone is 1. The van der Waals surface area contributed by atoms with Crippen molar-refractivity contribution in [2.75, 3.05) is 54.5 Å². The molecule has 300 valence electrons. The highest BCUT2D eigenvalue weighted by atomic mass is 16.5. The maximum absolute atomic E-state index is 12.9. The predicted molar refractivity (Wildman–Crippen MR) is 223 cm³/mol. The summed E-state index contributed by atoms with van der Waals surface area (Å²) in [5.41, 5.74) is 6.02. The van der Waals surface area contributed by atoms with Gasteiger partial charge in [-0.15, -0.1) is 0 Å². The first-order chi connectivity index (χ1) is 27.5. The smallest absolute Gasteiger partial charge is 0.193 e. The van der Waals surface area contributed by atoms with Crippen LogP contribution < -0.4 is 9.47 Å². The molecule has 0 spiro atoms. The largest absolute Gasteiger partial charge is 0.506 e. The zero-order chi connectivity index (χ0) is 41.5. The van der Waals surface area contributed by atoms with E-state index in [1.807, 2.05) is 74.8 Å². The number of nitrogens with zero attached hydrogens (tertiary/aromatic N) is 2. The molecule has 2 aliphatic rings. The van der Waals surface area contributed by atoms with Crippen molar-refractivity contribution in [1.29, 1.82) is 0 Å². The first kappa shape index (κ1) is 43.9. The lowest BCUT2D eigenvalue weighted by atomic mass is 9.90. The van der Waals surface area contributed by atoms with E-state index in [9.17, 15) is 34.8 Å². The van der Waals surface area contributed by atoms with Gasteiger partial charge in [0.1, 0.15) is 40.4 Å². The van der Waals surface area contributed by atoms with Crippen LogP contribution in [-0.4, -0.2) is 103 Å². The second kappa shape index (κ2) is 21.5. The molecule has 0 saturated carbocycles. The molecule has 11 heteroatoms. The van der Waals surface area contributed by atoms with Gasteiger partial charge in [0.15, 0.2) is 11.6 Å². The predicted octanol–water partition coefficient (Wildman–Crippen LogP) is 6.82. The van der Waals surface area contributed by atoms with E-state index < -0.39 is 0 Å². The second-order valence-electron chi connectivity index (χ2n) is 13.7. The molecule has 2 aliphatic heterocycles. The number of phenolic OH excluding ortho intramolecular Hbond substituents is 2. The Morgan fingerprint density at radius 3 is 1.51 bits per heavy atom. The fourth-order valence-electron chi connectivity index (χ4n) is 6.61. The first-order valence-electron chi connectivity index (χ1n) is 18.6. The van der Waals surface area contributed by atoms with Gasteiger partial charge in [0.2, 0.25) is 0 Å². The fraction of sp³-hybridized carbons (Fsp3) is 0.283. The molecule has 0 radical (unpaired) electrons. The molecule has 11 nitrogen and oxygen atoms in total. The SMILES string of the molecule is COc1cc(CO)c(C2=CCN(C)CC2)c(O)c1C(=O)/C=C/c1ccccc1.COc1cc(CO)c(C2=CCN(C)CC2)c(O)c1C(C)=O.O=Cc1ccccc1. The third-order valence-corrected chi connectivity index (χ3v) is 9.70. The number of carbonyl (C=O) groups is 3. The van der Waals surface area contributed by atoms with E-state index >= 15 is 0 Å². The number of benzene rings is 4. The van der Waals surface area contributed by atoms with Crippen molar-refractivity contribution in [3.63, 3.8) is 0 Å². The topological polar surface area (TPSA) is 157 Å². The van der Waals surface area contributed by atoms with Crippen molar-refractivity contribution in [1.82, 2.24) is 9.80 Å². The Labute approximate surface area is 334 Å². The summed E-state index contributed by atoms with van der Waals surface area (Å²) in [6.45, 7) is 4.18. The molecule has 0 saturated heterocycles. The Kier molecular flexibility index (Phi) is 16.5. The van der Waals surface area contributed by atoms with Crippen molar-refractivity contribution >= 4 is 35.1 Å². The Morgan fingerprint density at radius 2 is 1.14 bits per heavy atom. The minimum Gasteiger partial charge on any atom is -0.506 e. The second-order valence-corrected chi connectivity index (χ2v) is 13.7. The van der Waals surface area contributed by atoms with Gasteiger partial charge in [0, 0.05) is 42.9 Å². The first-order valence-corrected chi connectivity index (χ1v) is 18.6. The van der Waals surface area contributed by atoms with E-state index in [2.05, 4.69) is 9.80 Å². The zero-order valence-corrected chi connectivity index (χ0v) is 33.2. The van der Waals surface area contributed by atoms with Crippen LogP contribution in [0.1, 0.15) is 78.7 Å². The Hall–Kier alpha value is -5.85. The van der Waals surface area contributed by atoms with E-state index in [0.29, 0.717) is 28.0 Å². The summed E-state index contributed by atoms with van der Waals surface area (Å²) in [5.74, 6) is -0.299. The van der Waals surface area contributed by atoms with Crippen LogP contribution >= 0.6 is 0 Å². The van der Waals surface area contributed by atoms with Crippen LogP contribution in [-0.2, 0) is 13.2 Å². The lowest BCUT2D eigenvalue weighted by Crippen LogP contribution is -2.24. The number of aliphatic hydroxyl groups is 2. The number of methoxy groups -OCH3 is 2. The summed E-state index contributed by atoms with van der Waals surface area (Å²) in [4.78, 5) is 39.0. The normalized spacial score (nSPS) is 14.3. The average Bonchev–Trinajstić information content (AvgIpc) is 3.23. The number of hydrogen-bond acceptors (Lipinski definition) is 11. The van der Waals surface area contributed by atoms with Gasteiger partial charge in [-0.3, -0.25) is 14.4 Å². The van der Waals surface area contributed by atoms with E-state index in [1.165, 1.54) is 27.2 Å². The highest BCUT2D eigenvalue weighted by molar-refractivity contribution is 6.11. The van der Waals surface area contributed by atoms with Crippen molar-refractivity contribution in [2.24, 2.45) is 0 Å². The number of ether oxygens (including phenoxy) is 2. The number of phenols is 2. The maximum Gasteiger partial charge on any atom is 0.193 e. The number of carbonyl (C=O) groups excluding carboxylic acids is 3. The molecule has 0 amide bonds. The van der Waals surface area contributed by atoms with E-state index in [0.717, 1.165) is 67.6 Å². The molecular weight excluding hydrogens is 725 g/mol. The summed E-state index contributed by atoms with van der Waals surface area (Å²) in [5, 5.41) is 40.9. The summed E-state index contributed by atoms with van der Waals surface area (Å²) >= 11 is 0. The number of rotatable bonds is 11. The number of aromatic hydroxyl groups is 2. The van der Waals surface area contributed by atoms with Crippen LogP contribution in [0.4, 0.5) is 0 Å². The van der Waals surface area contributed by atoms with Crippen molar-refractivity contribution < 1.29 is 44.3 Å². The standard InChI is InChI=1S/C23H25NO4.C16H21NO4.C7H6O/c1-24-12-10-17(11-13-24)21-18(15-25)14-20(28-2)22(23(21)27)19(26)9-8-16-6-4-3-5-7-16;1-10(19)14-13(21-3)8-12(9-18)15(16(14)20)11-4-6-17(2)7-5-11;8-6-7-4-2-1-3-5-7/h3-10,14,25,27H,11-13,15H2,1-2H3;4,8,18,20H,5-7,9H2,1-3H3;1-6H/b9-8+;;. The van der Waals surface area contributed by atoms with Crippen molar-refractivity contribution in [3.8, 4) is 23.0 Å². The maximum atomic E-state index is 12.9. The van der Waals surface area contributed by atoms with Crippen LogP contribution in [0.2, 0.25) is 0 Å². The van der Waals surface area contributed by atoms with E-state index in [-0.39, 0.29) is 53.2 Å². The number of ketones is 2. The molecular formula is C46H52N2O9. The van der Waals surface area contributed by atoms with Gasteiger partial charge < -0.3 is 39.7 Å². The number of Topliss-reactive ketones (excluding diaryl/α,β-unsaturated/α-hetero) is 1. The van der Waals surface area contributed by atoms with Gasteiger partial charge >= 0.3 is 0 Å². The molecule has 57 heavy (non-hydrogen) atoms. The zero-order valence-electron chi connectivity index (χ0n) is 33.2. The molecule has 2 heterocycles. The molecule has 0 fully saturated rings. The molecule has 0 aliphatic carbocycles. The highest BCUT2D eigenvalue weighted by Gasteiger charge is 2.26. The molecule has 6 rings (SSSR count). The minimum atomic E-state index is -0.350. The van der Waals surface area contributed by atoms with Crippen LogP contribution in [0, 0.1) is 0 Å². The third kappa shape index (κ3) is 11.4. The number of aldehydes is 1. The number of likely N-dealkylation sites (N-methyl/N-ethyl adjacent to an activating group) is 2. The Bertz CT molecular complexity index is 2110. The molecule has 0 atom stereocenters. The molecule has 0 aromatic heterocycles. The van der Waals surface area contributed by atoms with Crippen LogP contribution in [0.25, 0.3) is 17.2 Å². The van der Waals surface area contributed by atoms with Gasteiger partial charge in [-0.05, 0) is 79.9 Å². The lowest BCUT2D eigenvalue weighted by molar-refractivity contribution is 0.100. The van der Waals surface area contributed by atoms with Gasteiger partial charge in [-0.1, -0.05) is 78.9 Å². The lowest BCUT2D eigenvalue weighted by Gasteiger charge is -2.25. The minimum absolute atomic E-state index is 0.0956. The van der Waals surface area contributed by atoms with Crippen LogP contribution in [0.15, 0.2) is 91.0 Å². The third-order valence-electron chi connectivity index (χ3n) is 9.70. The van der Waals surface area contributed by atoms with Gasteiger partial charge in [0.05, 0.1) is 27.4 Å². The van der Waals surface area contributed by atoms with Crippen LogP contribution in [0.3, 0.4) is 0 Å². The van der Waals surface area contributed by atoms with Gasteiger partial charge in [0.25, 0.3) is 0 Å². The Balaban J connectivity index is 0.000000217. The number of hydrogen-bond donors (Lipinski definition) is 4. The molecule has 0 unspecified atom stereocenters. The van der Waals surface area contributed by atoms with Gasteiger partial charge in [-0.25, -0.2) is 0 Å². The van der Waals surface area contributed by atoms with Crippen molar-refractivity contribution in [2.45, 2.75) is 33.0 Å². The van der Waals surface area contributed by atoms with Crippen LogP contribution in [0.5, 0.6) is 23.0 Å². The fourth-order valence-corrected chi connectivity index (χ4v) is 6.61. The van der Waals surface area contributed by atoms with E-state index in [1.54, 1.807) is 30.3 Å². The van der Waals surface area contributed by atoms with Crippen molar-refractivity contribution in [3.05, 3.63) is 136 Å². The Morgan fingerprint density at radius 1 is 0.702 bits per heavy atom. The number of aliphatic hydroxyl groups excluding tert-OH is 2. The molecule has 0 bridgehead atoms. The highest BCUT2D eigenvalue weighted by Crippen LogP contribution is 2.42. The van der Waals surface area contributed by atoms with Gasteiger partial charge in [-0.2, -0.15) is 0 Å². The molecule has 4 aromatic carbocycles. The molecule has 4 N–H and O–H groups in total. The quantitative estimate of drug-likeness (QED) is 0.0720. The molecule has 4 aromatic rings. The summed E-state index contributed by atoms with van der Waals surface area (Å²) in [7, 11) is 6.94. The summed E-state index contributed by atoms with van der Waals surface area (Å²) in [6.07, 6.45) is 9.51. The summed E-state index contributed by atoms with van der Waals surface area (Å²) in [6, 6.07) is 21.8.